The quantitative estimate of drug-likeness (QED) is 0.577. The number of hydrogen-bond acceptors (Lipinski definition) is 1. The first-order valence-electron chi connectivity index (χ1n) is 9.51. The Morgan fingerprint density at radius 2 is 2.04 bits per heavy atom. The van der Waals surface area contributed by atoms with Crippen molar-refractivity contribution in [1.29, 1.82) is 0 Å². The van der Waals surface area contributed by atoms with E-state index in [0.717, 1.165) is 10.9 Å². The van der Waals surface area contributed by atoms with E-state index in [2.05, 4.69) is 72.3 Å². The molecule has 1 saturated carbocycles. The van der Waals surface area contributed by atoms with Gasteiger partial charge in [-0.2, -0.15) is 0 Å². The number of benzene rings is 2. The smallest absolute Gasteiger partial charge is 0.0326 e. The number of rotatable bonds is 3. The average molecular weight is 408 g/mol. The topological polar surface area (TPSA) is 26.0 Å². The van der Waals surface area contributed by atoms with E-state index < -0.39 is 0 Å². The Bertz CT molecular complexity index is 908. The fourth-order valence-electron chi connectivity index (χ4n) is 4.99. The molecule has 2 atom stereocenters. The second-order valence-electron chi connectivity index (χ2n) is 7.99. The van der Waals surface area contributed by atoms with Gasteiger partial charge in [-0.3, -0.25) is 0 Å². The minimum Gasteiger partial charge on any atom is -0.404 e. The summed E-state index contributed by atoms with van der Waals surface area (Å²) in [6.45, 7) is 4.70. The van der Waals surface area contributed by atoms with Gasteiger partial charge in [0, 0.05) is 10.7 Å². The molecule has 0 bridgehead atoms. The zero-order valence-electron chi connectivity index (χ0n) is 15.6. The molecule has 2 N–H and O–H groups in total. The monoisotopic (exact) mass is 407 g/mol. The van der Waals surface area contributed by atoms with Crippen LogP contribution in [0, 0.1) is 6.92 Å². The van der Waals surface area contributed by atoms with Crippen LogP contribution in [-0.2, 0) is 11.8 Å². The lowest BCUT2D eigenvalue weighted by molar-refractivity contribution is 0.426. The third kappa shape index (κ3) is 2.85. The Labute approximate surface area is 165 Å². The highest BCUT2D eigenvalue weighted by atomic mass is 79.9. The van der Waals surface area contributed by atoms with Crippen molar-refractivity contribution in [3.05, 3.63) is 81.5 Å². The summed E-state index contributed by atoms with van der Waals surface area (Å²) in [5, 5.41) is 0. The van der Waals surface area contributed by atoms with Crippen molar-refractivity contribution < 1.29 is 0 Å². The van der Waals surface area contributed by atoms with Crippen LogP contribution in [0.4, 0.5) is 0 Å². The molecule has 2 aromatic carbocycles. The number of halogens is 1. The molecule has 0 amide bonds. The third-order valence-electron chi connectivity index (χ3n) is 6.32. The number of hydrogen-bond donors (Lipinski definition) is 1. The molecule has 1 fully saturated rings. The van der Waals surface area contributed by atoms with Crippen molar-refractivity contribution >= 4 is 15.9 Å². The number of allylic oxidation sites excluding steroid dienone is 3. The maximum atomic E-state index is 5.51. The summed E-state index contributed by atoms with van der Waals surface area (Å²) in [4.78, 5) is 0. The first-order chi connectivity index (χ1) is 12.5. The number of aryl methyl sites for hydroxylation is 1. The van der Waals surface area contributed by atoms with Crippen LogP contribution >= 0.6 is 15.9 Å². The van der Waals surface area contributed by atoms with Gasteiger partial charge in [-0.1, -0.05) is 67.5 Å². The van der Waals surface area contributed by atoms with Crippen LogP contribution in [0.5, 0.6) is 0 Å². The van der Waals surface area contributed by atoms with Gasteiger partial charge in [-0.15, -0.1) is 0 Å². The van der Waals surface area contributed by atoms with Crippen LogP contribution in [0.2, 0.25) is 0 Å². The van der Waals surface area contributed by atoms with E-state index in [-0.39, 0.29) is 5.41 Å². The number of fused-ring (bicyclic) bond motifs is 6. The summed E-state index contributed by atoms with van der Waals surface area (Å²) in [7, 11) is 0. The van der Waals surface area contributed by atoms with Crippen LogP contribution < -0.4 is 5.73 Å². The van der Waals surface area contributed by atoms with Crippen molar-refractivity contribution in [1.82, 2.24) is 0 Å². The second-order valence-corrected chi connectivity index (χ2v) is 8.91. The normalized spacial score (nSPS) is 24.4. The average Bonchev–Trinajstić information content (AvgIpc) is 3.05. The summed E-state index contributed by atoms with van der Waals surface area (Å²) in [5.74, 6) is 0.657. The third-order valence-corrected chi connectivity index (χ3v) is 6.85. The molecule has 2 aliphatic carbocycles. The molecule has 4 rings (SSSR count). The van der Waals surface area contributed by atoms with Gasteiger partial charge in [0.25, 0.3) is 0 Å². The number of nitrogens with two attached hydrogens (primary N) is 1. The largest absolute Gasteiger partial charge is 0.404 e. The Kier molecular flexibility index (Phi) is 4.56. The van der Waals surface area contributed by atoms with Gasteiger partial charge < -0.3 is 5.73 Å². The molecular weight excluding hydrogens is 382 g/mol. The minimum absolute atomic E-state index is 0.271. The van der Waals surface area contributed by atoms with Crippen LogP contribution in [0.25, 0.3) is 11.1 Å². The molecular formula is C24H26BrN. The van der Waals surface area contributed by atoms with Crippen molar-refractivity contribution in [2.75, 3.05) is 0 Å². The molecule has 2 heteroatoms. The molecule has 26 heavy (non-hydrogen) atoms. The van der Waals surface area contributed by atoms with Gasteiger partial charge in [-0.25, -0.2) is 0 Å². The molecule has 0 spiro atoms. The molecule has 2 aliphatic rings. The summed E-state index contributed by atoms with van der Waals surface area (Å²) < 4.78 is 0.919. The summed E-state index contributed by atoms with van der Waals surface area (Å²) in [6.07, 6.45) is 10.6. The maximum Gasteiger partial charge on any atom is 0.0326 e. The van der Waals surface area contributed by atoms with Gasteiger partial charge in [0.2, 0.25) is 0 Å². The van der Waals surface area contributed by atoms with E-state index >= 15 is 0 Å². The summed E-state index contributed by atoms with van der Waals surface area (Å²) in [6, 6.07) is 14.1. The Morgan fingerprint density at radius 1 is 1.23 bits per heavy atom. The van der Waals surface area contributed by atoms with E-state index in [0.29, 0.717) is 5.92 Å². The summed E-state index contributed by atoms with van der Waals surface area (Å²) in [5.41, 5.74) is 14.6. The highest BCUT2D eigenvalue weighted by molar-refractivity contribution is 9.11. The Morgan fingerprint density at radius 3 is 2.85 bits per heavy atom. The lowest BCUT2D eigenvalue weighted by Crippen LogP contribution is -2.30. The highest BCUT2D eigenvalue weighted by Crippen LogP contribution is 2.58. The van der Waals surface area contributed by atoms with Crippen molar-refractivity contribution in [2.45, 2.75) is 50.9 Å². The van der Waals surface area contributed by atoms with E-state index in [1.807, 2.05) is 6.08 Å². The molecule has 2 aromatic rings. The van der Waals surface area contributed by atoms with E-state index in [1.165, 1.54) is 41.5 Å². The second kappa shape index (κ2) is 6.74. The Balaban J connectivity index is 1.79. The summed E-state index contributed by atoms with van der Waals surface area (Å²) >= 11 is 3.43. The van der Waals surface area contributed by atoms with Crippen LogP contribution in [-0.4, -0.2) is 0 Å². The van der Waals surface area contributed by atoms with E-state index in [1.54, 1.807) is 17.3 Å². The zero-order chi connectivity index (χ0) is 18.3. The van der Waals surface area contributed by atoms with E-state index in [9.17, 15) is 0 Å². The van der Waals surface area contributed by atoms with Crippen molar-refractivity contribution in [3.8, 4) is 11.1 Å². The lowest BCUT2D eigenvalue weighted by atomic mass is 9.63. The predicted octanol–water partition coefficient (Wildman–Crippen LogP) is 6.49. The van der Waals surface area contributed by atoms with Crippen LogP contribution in [0.1, 0.15) is 54.4 Å². The van der Waals surface area contributed by atoms with Gasteiger partial charge in [0.05, 0.1) is 0 Å². The maximum absolute atomic E-state index is 5.51. The van der Waals surface area contributed by atoms with Gasteiger partial charge in [0.15, 0.2) is 0 Å². The Hall–Kier alpha value is -1.80. The lowest BCUT2D eigenvalue weighted by Gasteiger charge is -2.40. The molecule has 0 aliphatic heterocycles. The zero-order valence-corrected chi connectivity index (χ0v) is 17.1. The van der Waals surface area contributed by atoms with Crippen LogP contribution in [0.3, 0.4) is 0 Å². The predicted molar refractivity (Wildman–Crippen MR) is 115 cm³/mol. The molecule has 1 nitrogen and oxygen atoms in total. The minimum atomic E-state index is 0.271. The fraction of sp³-hybridized carbons (Fsp3) is 0.333. The van der Waals surface area contributed by atoms with Gasteiger partial charge >= 0.3 is 0 Å². The highest BCUT2D eigenvalue weighted by Gasteiger charge is 2.46. The molecule has 0 heterocycles. The molecule has 0 radical (unpaired) electrons. The fourth-order valence-corrected chi connectivity index (χ4v) is 5.18. The van der Waals surface area contributed by atoms with Crippen molar-refractivity contribution in [3.63, 3.8) is 0 Å². The standard InChI is InChI=1S/C24H26BrN/c1-16-8-10-19-20-11-9-17(5-3-6-18(25)15-26)14-23(20)24(2)12-4-7-22(24)21(19)13-16/h3,6,8-11,13-15,22H,4-5,7,12,26H2,1-2H3/b6-3-,18-15+/t22?,24-/m1/s1. The van der Waals surface area contributed by atoms with Gasteiger partial charge in [-0.05, 0) is 81.3 Å². The van der Waals surface area contributed by atoms with Gasteiger partial charge in [0.1, 0.15) is 0 Å². The van der Waals surface area contributed by atoms with Crippen molar-refractivity contribution in [2.24, 2.45) is 5.73 Å². The SMILES string of the molecule is Cc1ccc2c(c1)C1CCC[C@@]1(C)c1cc(C/C=C\C(Br)=C/N)ccc1-2. The van der Waals surface area contributed by atoms with Crippen LogP contribution in [0.15, 0.2) is 59.2 Å². The molecule has 1 unspecified atom stereocenters. The molecule has 134 valence electrons. The molecule has 0 aromatic heterocycles. The molecule has 0 saturated heterocycles. The first-order valence-corrected chi connectivity index (χ1v) is 10.3. The first kappa shape index (κ1) is 17.6. The van der Waals surface area contributed by atoms with E-state index in [4.69, 9.17) is 5.73 Å².